The second-order valence-electron chi connectivity index (χ2n) is 7.72. The van der Waals surface area contributed by atoms with Crippen LogP contribution in [0.25, 0.3) is 11.5 Å². The first-order valence-corrected chi connectivity index (χ1v) is 9.59. The van der Waals surface area contributed by atoms with Gasteiger partial charge in [0.2, 0.25) is 11.8 Å². The summed E-state index contributed by atoms with van der Waals surface area (Å²) in [5, 5.41) is 7.88. The predicted molar refractivity (Wildman–Crippen MR) is 103 cm³/mol. The van der Waals surface area contributed by atoms with Crippen molar-refractivity contribution in [2.24, 2.45) is 0 Å². The van der Waals surface area contributed by atoms with E-state index in [-0.39, 0.29) is 17.1 Å². The van der Waals surface area contributed by atoms with Crippen LogP contribution in [0.15, 0.2) is 46.9 Å². The van der Waals surface area contributed by atoms with Gasteiger partial charge in [-0.05, 0) is 43.2 Å². The average molecular weight is 377 g/mol. The van der Waals surface area contributed by atoms with Gasteiger partial charge in [-0.1, -0.05) is 25.0 Å². The number of carbonyl (C=O) groups excluding carboxylic acids is 1. The van der Waals surface area contributed by atoms with E-state index in [2.05, 4.69) is 10.2 Å². The molecule has 0 radical (unpaired) electrons. The molecule has 6 heteroatoms. The lowest BCUT2D eigenvalue weighted by Crippen LogP contribution is -2.35. The molecule has 5 rings (SSSR count). The van der Waals surface area contributed by atoms with Crippen LogP contribution in [-0.2, 0) is 5.41 Å². The van der Waals surface area contributed by atoms with Gasteiger partial charge in [-0.25, -0.2) is 4.39 Å². The first-order chi connectivity index (χ1) is 13.6. The minimum Gasteiger partial charge on any atom is -0.421 e. The van der Waals surface area contributed by atoms with Gasteiger partial charge < -0.3 is 9.32 Å². The zero-order valence-electron chi connectivity index (χ0n) is 15.6. The van der Waals surface area contributed by atoms with Crippen LogP contribution in [0.4, 0.5) is 10.1 Å². The molecule has 2 aromatic carbocycles. The Kier molecular flexibility index (Phi) is 3.82. The number of carbonyl (C=O) groups is 1. The maximum Gasteiger partial charge on any atom is 0.258 e. The van der Waals surface area contributed by atoms with E-state index >= 15 is 0 Å². The Balaban J connectivity index is 1.54. The third kappa shape index (κ3) is 2.55. The third-order valence-electron chi connectivity index (χ3n) is 5.96. The van der Waals surface area contributed by atoms with E-state index in [0.29, 0.717) is 40.7 Å². The first kappa shape index (κ1) is 17.1. The Morgan fingerprint density at radius 2 is 1.93 bits per heavy atom. The predicted octanol–water partition coefficient (Wildman–Crippen LogP) is 4.66. The number of benzene rings is 2. The lowest BCUT2D eigenvalue weighted by Gasteiger charge is -2.25. The van der Waals surface area contributed by atoms with Gasteiger partial charge in [0.1, 0.15) is 5.82 Å². The van der Waals surface area contributed by atoms with E-state index in [0.717, 1.165) is 25.7 Å². The van der Waals surface area contributed by atoms with Gasteiger partial charge in [-0.15, -0.1) is 10.2 Å². The molecule has 0 N–H and O–H groups in total. The number of halogens is 1. The second kappa shape index (κ2) is 6.26. The zero-order chi connectivity index (χ0) is 19.3. The van der Waals surface area contributed by atoms with Crippen molar-refractivity contribution in [1.29, 1.82) is 0 Å². The van der Waals surface area contributed by atoms with Crippen molar-refractivity contribution < 1.29 is 13.6 Å². The standard InChI is InChI=1S/C22H20FN3O2/c1-14-24-25-20(28-14)15-6-4-7-16(12-15)21(27)26-13-22(10-2-3-11-22)19-17(23)8-5-9-18(19)26/h4-9,12H,2-3,10-11,13H2,1H3. The molecule has 0 saturated heterocycles. The van der Waals surface area contributed by atoms with Crippen LogP contribution in [0.5, 0.6) is 0 Å². The maximum absolute atomic E-state index is 14.7. The van der Waals surface area contributed by atoms with E-state index in [1.165, 1.54) is 6.07 Å². The van der Waals surface area contributed by atoms with Crippen LogP contribution in [0, 0.1) is 12.7 Å². The van der Waals surface area contributed by atoms with Crippen molar-refractivity contribution in [3.63, 3.8) is 0 Å². The molecule has 1 aromatic heterocycles. The highest BCUT2D eigenvalue weighted by Crippen LogP contribution is 2.51. The second-order valence-corrected chi connectivity index (χ2v) is 7.72. The molecule has 2 heterocycles. The molecule has 5 nitrogen and oxygen atoms in total. The van der Waals surface area contributed by atoms with Crippen LogP contribution in [-0.4, -0.2) is 22.6 Å². The van der Waals surface area contributed by atoms with E-state index in [9.17, 15) is 9.18 Å². The Hall–Kier alpha value is -3.02. The van der Waals surface area contributed by atoms with Crippen molar-refractivity contribution >= 4 is 11.6 Å². The molecule has 142 valence electrons. The van der Waals surface area contributed by atoms with Crippen molar-refractivity contribution in [3.8, 4) is 11.5 Å². The number of aromatic nitrogens is 2. The number of hydrogen-bond acceptors (Lipinski definition) is 4. The SMILES string of the molecule is Cc1nnc(-c2cccc(C(=O)N3CC4(CCCC4)c4c(F)cccc43)c2)o1. The number of fused-ring (bicyclic) bond motifs is 2. The van der Waals surface area contributed by atoms with Gasteiger partial charge in [0.25, 0.3) is 5.91 Å². The highest BCUT2D eigenvalue weighted by Gasteiger charge is 2.48. The van der Waals surface area contributed by atoms with Gasteiger partial charge in [-0.3, -0.25) is 4.79 Å². The minimum absolute atomic E-state index is 0.131. The van der Waals surface area contributed by atoms with Crippen LogP contribution in [0.2, 0.25) is 0 Å². The van der Waals surface area contributed by atoms with Gasteiger partial charge in [0, 0.05) is 35.6 Å². The van der Waals surface area contributed by atoms with E-state index in [1.54, 1.807) is 36.1 Å². The lowest BCUT2D eigenvalue weighted by molar-refractivity contribution is 0.0985. The minimum atomic E-state index is -0.252. The summed E-state index contributed by atoms with van der Waals surface area (Å²) in [4.78, 5) is 15.1. The fraction of sp³-hybridized carbons (Fsp3) is 0.318. The maximum atomic E-state index is 14.7. The average Bonchev–Trinajstić information content (AvgIpc) is 3.42. The van der Waals surface area contributed by atoms with Crippen molar-refractivity contribution in [3.05, 3.63) is 65.3 Å². The molecule has 28 heavy (non-hydrogen) atoms. The summed E-state index contributed by atoms with van der Waals surface area (Å²) in [6.07, 6.45) is 3.99. The summed E-state index contributed by atoms with van der Waals surface area (Å²) in [7, 11) is 0. The third-order valence-corrected chi connectivity index (χ3v) is 5.96. The van der Waals surface area contributed by atoms with Crippen LogP contribution >= 0.6 is 0 Å². The Labute approximate surface area is 162 Å². The quantitative estimate of drug-likeness (QED) is 0.652. The molecule has 3 aromatic rings. The number of hydrogen-bond donors (Lipinski definition) is 0. The summed E-state index contributed by atoms with van der Waals surface area (Å²) in [5.41, 5.74) is 2.38. The molecule has 1 aliphatic carbocycles. The molecule has 1 spiro atoms. The Bertz CT molecular complexity index is 1070. The molecule has 0 atom stereocenters. The van der Waals surface area contributed by atoms with Crippen LogP contribution < -0.4 is 4.90 Å². The highest BCUT2D eigenvalue weighted by atomic mass is 19.1. The van der Waals surface area contributed by atoms with Gasteiger partial charge in [0.05, 0.1) is 5.69 Å². The zero-order valence-corrected chi connectivity index (χ0v) is 15.6. The summed E-state index contributed by atoms with van der Waals surface area (Å²) < 4.78 is 20.2. The van der Waals surface area contributed by atoms with Gasteiger partial charge >= 0.3 is 0 Å². The van der Waals surface area contributed by atoms with Crippen LogP contribution in [0.1, 0.15) is 47.5 Å². The molecular weight excluding hydrogens is 357 g/mol. The van der Waals surface area contributed by atoms with Crippen molar-refractivity contribution in [2.45, 2.75) is 38.0 Å². The van der Waals surface area contributed by atoms with E-state index in [4.69, 9.17) is 4.42 Å². The molecule has 2 aliphatic rings. The molecule has 1 amide bonds. The number of amides is 1. The summed E-state index contributed by atoms with van der Waals surface area (Å²) in [6, 6.07) is 12.2. The Morgan fingerprint density at radius 3 is 2.68 bits per heavy atom. The van der Waals surface area contributed by atoms with Crippen molar-refractivity contribution in [2.75, 3.05) is 11.4 Å². The van der Waals surface area contributed by atoms with Crippen molar-refractivity contribution in [1.82, 2.24) is 10.2 Å². The molecule has 1 aliphatic heterocycles. The monoisotopic (exact) mass is 377 g/mol. The normalized spacial score (nSPS) is 17.3. The van der Waals surface area contributed by atoms with E-state index in [1.807, 2.05) is 12.1 Å². The largest absolute Gasteiger partial charge is 0.421 e. The fourth-order valence-corrected chi connectivity index (χ4v) is 4.72. The highest BCUT2D eigenvalue weighted by molar-refractivity contribution is 6.08. The number of nitrogens with zero attached hydrogens (tertiary/aromatic N) is 3. The summed E-state index contributed by atoms with van der Waals surface area (Å²) >= 11 is 0. The molecule has 1 saturated carbocycles. The fourth-order valence-electron chi connectivity index (χ4n) is 4.72. The smallest absolute Gasteiger partial charge is 0.258 e. The van der Waals surface area contributed by atoms with Crippen LogP contribution in [0.3, 0.4) is 0 Å². The molecule has 1 fully saturated rings. The number of aryl methyl sites for hydroxylation is 1. The Morgan fingerprint density at radius 1 is 1.14 bits per heavy atom. The molecule has 0 unspecified atom stereocenters. The number of rotatable bonds is 2. The van der Waals surface area contributed by atoms with E-state index < -0.39 is 0 Å². The van der Waals surface area contributed by atoms with Gasteiger partial charge in [-0.2, -0.15) is 0 Å². The van der Waals surface area contributed by atoms with Gasteiger partial charge in [0.15, 0.2) is 0 Å². The first-order valence-electron chi connectivity index (χ1n) is 9.59. The molecular formula is C22H20FN3O2. The summed E-state index contributed by atoms with van der Waals surface area (Å²) in [5.74, 6) is 0.518. The lowest BCUT2D eigenvalue weighted by atomic mass is 9.80. The topological polar surface area (TPSA) is 59.2 Å². The summed E-state index contributed by atoms with van der Waals surface area (Å²) in [6.45, 7) is 2.26. The number of anilines is 1. The molecule has 0 bridgehead atoms.